The van der Waals surface area contributed by atoms with Crippen molar-refractivity contribution in [1.82, 2.24) is 9.78 Å². The molecule has 1 aromatic heterocycles. The number of hydrogen-bond donors (Lipinski definition) is 1. The summed E-state index contributed by atoms with van der Waals surface area (Å²) < 4.78 is 2.07. The van der Waals surface area contributed by atoms with Gasteiger partial charge in [0.25, 0.3) is 0 Å². The van der Waals surface area contributed by atoms with Crippen LogP contribution in [-0.4, -0.2) is 21.5 Å². The largest absolute Gasteiger partial charge is 0.396 e. The first-order valence-electron chi connectivity index (χ1n) is 7.90. The van der Waals surface area contributed by atoms with Crippen LogP contribution in [0.4, 0.5) is 0 Å². The van der Waals surface area contributed by atoms with Crippen molar-refractivity contribution in [2.75, 3.05) is 6.61 Å². The number of hydrogen-bond acceptors (Lipinski definition) is 2. The third-order valence-electron chi connectivity index (χ3n) is 4.28. The number of aromatic nitrogens is 2. The van der Waals surface area contributed by atoms with Crippen molar-refractivity contribution in [2.24, 2.45) is 0 Å². The average Bonchev–Trinajstić information content (AvgIpc) is 2.95. The monoisotopic (exact) mass is 286 g/mol. The fourth-order valence-electron chi connectivity index (χ4n) is 2.92. The second-order valence-corrected chi connectivity index (χ2v) is 5.70. The zero-order valence-electron chi connectivity index (χ0n) is 13.3. The Labute approximate surface area is 127 Å². The molecule has 0 aliphatic carbocycles. The molecule has 3 heteroatoms. The fourth-order valence-corrected chi connectivity index (χ4v) is 2.92. The predicted octanol–water partition coefficient (Wildman–Crippen LogP) is 3.87. The minimum Gasteiger partial charge on any atom is -0.396 e. The molecular weight excluding hydrogens is 260 g/mol. The molecular formula is C18H26N2O. The van der Waals surface area contributed by atoms with Gasteiger partial charge in [-0.3, -0.25) is 4.68 Å². The lowest BCUT2D eigenvalue weighted by Crippen LogP contribution is -2.11. The van der Waals surface area contributed by atoms with Gasteiger partial charge in [0, 0.05) is 18.5 Å². The first-order valence-corrected chi connectivity index (χ1v) is 7.90. The van der Waals surface area contributed by atoms with Crippen LogP contribution in [0.3, 0.4) is 0 Å². The van der Waals surface area contributed by atoms with Crippen molar-refractivity contribution < 1.29 is 5.11 Å². The number of aliphatic hydroxyl groups is 1. The molecule has 0 saturated heterocycles. The molecule has 0 spiro atoms. The van der Waals surface area contributed by atoms with E-state index in [0.29, 0.717) is 6.04 Å². The highest BCUT2D eigenvalue weighted by atomic mass is 16.3. The first-order chi connectivity index (χ1) is 10.2. The molecule has 21 heavy (non-hydrogen) atoms. The third kappa shape index (κ3) is 3.73. The van der Waals surface area contributed by atoms with Gasteiger partial charge in [0.15, 0.2) is 0 Å². The molecule has 1 unspecified atom stereocenters. The maximum atomic E-state index is 9.74. The van der Waals surface area contributed by atoms with Gasteiger partial charge in [0.05, 0.1) is 18.3 Å². The van der Waals surface area contributed by atoms with Crippen LogP contribution in [0.15, 0.2) is 36.5 Å². The SMILES string of the molecule is CCC(CC)n1ccc(CC(CO)c2ccccc2C)n1. The van der Waals surface area contributed by atoms with E-state index in [4.69, 9.17) is 5.10 Å². The van der Waals surface area contributed by atoms with Crippen molar-refractivity contribution in [1.29, 1.82) is 0 Å². The molecule has 0 bridgehead atoms. The van der Waals surface area contributed by atoms with Crippen LogP contribution in [-0.2, 0) is 6.42 Å². The lowest BCUT2D eigenvalue weighted by Gasteiger charge is -2.16. The Kier molecular flexibility index (Phi) is 5.57. The second kappa shape index (κ2) is 7.41. The summed E-state index contributed by atoms with van der Waals surface area (Å²) in [5.74, 6) is 0.122. The number of nitrogens with zero attached hydrogens (tertiary/aromatic N) is 2. The van der Waals surface area contributed by atoms with E-state index in [0.717, 1.165) is 25.0 Å². The molecule has 2 aromatic rings. The molecule has 1 N–H and O–H groups in total. The van der Waals surface area contributed by atoms with Crippen LogP contribution in [0, 0.1) is 6.92 Å². The summed E-state index contributed by atoms with van der Waals surface area (Å²) in [4.78, 5) is 0. The molecule has 1 aromatic carbocycles. The zero-order valence-corrected chi connectivity index (χ0v) is 13.3. The van der Waals surface area contributed by atoms with Crippen LogP contribution in [0.5, 0.6) is 0 Å². The second-order valence-electron chi connectivity index (χ2n) is 5.70. The van der Waals surface area contributed by atoms with Crippen molar-refractivity contribution in [2.45, 2.75) is 52.0 Å². The lowest BCUT2D eigenvalue weighted by atomic mass is 9.92. The van der Waals surface area contributed by atoms with Crippen molar-refractivity contribution >= 4 is 0 Å². The molecule has 0 amide bonds. The molecule has 1 atom stereocenters. The standard InChI is InChI=1S/C18H26N2O/c1-4-17(5-2)20-11-10-16(19-20)12-15(13-21)18-9-7-6-8-14(18)3/h6-11,15,17,21H,4-5,12-13H2,1-3H3. The van der Waals surface area contributed by atoms with E-state index >= 15 is 0 Å². The highest BCUT2D eigenvalue weighted by Gasteiger charge is 2.16. The number of benzene rings is 1. The summed E-state index contributed by atoms with van der Waals surface area (Å²) in [5, 5.41) is 14.4. The van der Waals surface area contributed by atoms with Gasteiger partial charge in [-0.15, -0.1) is 0 Å². The van der Waals surface area contributed by atoms with Crippen LogP contribution in [0.1, 0.15) is 55.5 Å². The van der Waals surface area contributed by atoms with E-state index in [-0.39, 0.29) is 12.5 Å². The minimum absolute atomic E-state index is 0.122. The van der Waals surface area contributed by atoms with Gasteiger partial charge in [-0.05, 0) is 37.0 Å². The predicted molar refractivity (Wildman–Crippen MR) is 86.6 cm³/mol. The van der Waals surface area contributed by atoms with Gasteiger partial charge < -0.3 is 5.11 Å². The average molecular weight is 286 g/mol. The first kappa shape index (κ1) is 15.8. The minimum atomic E-state index is 0.122. The quantitative estimate of drug-likeness (QED) is 0.839. The Bertz CT molecular complexity index is 558. The number of aryl methyl sites for hydroxylation is 1. The summed E-state index contributed by atoms with van der Waals surface area (Å²) in [6.07, 6.45) is 5.05. The van der Waals surface area contributed by atoms with Crippen LogP contribution in [0.2, 0.25) is 0 Å². The topological polar surface area (TPSA) is 38.0 Å². The smallest absolute Gasteiger partial charge is 0.0631 e. The van der Waals surface area contributed by atoms with Gasteiger partial charge in [0.1, 0.15) is 0 Å². The van der Waals surface area contributed by atoms with Gasteiger partial charge in [-0.2, -0.15) is 5.10 Å². The van der Waals surface area contributed by atoms with Gasteiger partial charge in [-0.25, -0.2) is 0 Å². The third-order valence-corrected chi connectivity index (χ3v) is 4.28. The molecule has 2 rings (SSSR count). The van der Waals surface area contributed by atoms with Crippen LogP contribution < -0.4 is 0 Å². The summed E-state index contributed by atoms with van der Waals surface area (Å²) in [6.45, 7) is 6.64. The van der Waals surface area contributed by atoms with E-state index in [1.54, 1.807) is 0 Å². The van der Waals surface area contributed by atoms with E-state index < -0.39 is 0 Å². The Hall–Kier alpha value is -1.61. The van der Waals surface area contributed by atoms with Crippen LogP contribution in [0.25, 0.3) is 0 Å². The number of aliphatic hydroxyl groups excluding tert-OH is 1. The molecule has 0 aliphatic heterocycles. The zero-order chi connectivity index (χ0) is 15.2. The molecule has 0 aliphatic rings. The molecule has 114 valence electrons. The fraction of sp³-hybridized carbons (Fsp3) is 0.500. The van der Waals surface area contributed by atoms with Crippen molar-refractivity contribution in [3.63, 3.8) is 0 Å². The maximum absolute atomic E-state index is 9.74. The summed E-state index contributed by atoms with van der Waals surface area (Å²) in [7, 11) is 0. The molecule has 1 heterocycles. The van der Waals surface area contributed by atoms with Crippen molar-refractivity contribution in [3.8, 4) is 0 Å². The lowest BCUT2D eigenvalue weighted by molar-refractivity contribution is 0.263. The highest BCUT2D eigenvalue weighted by molar-refractivity contribution is 5.30. The van der Waals surface area contributed by atoms with Gasteiger partial charge >= 0.3 is 0 Å². The Morgan fingerprint density at radius 2 is 1.86 bits per heavy atom. The van der Waals surface area contributed by atoms with Crippen LogP contribution >= 0.6 is 0 Å². The Morgan fingerprint density at radius 3 is 2.48 bits per heavy atom. The molecule has 0 fully saturated rings. The van der Waals surface area contributed by atoms with E-state index in [9.17, 15) is 5.11 Å². The summed E-state index contributed by atoms with van der Waals surface area (Å²) in [5.41, 5.74) is 3.51. The van der Waals surface area contributed by atoms with E-state index in [2.05, 4.69) is 49.8 Å². The summed E-state index contributed by atoms with van der Waals surface area (Å²) in [6, 6.07) is 10.8. The van der Waals surface area contributed by atoms with Gasteiger partial charge in [0.2, 0.25) is 0 Å². The highest BCUT2D eigenvalue weighted by Crippen LogP contribution is 2.23. The molecule has 3 nitrogen and oxygen atoms in total. The molecule has 0 saturated carbocycles. The number of rotatable bonds is 7. The normalized spacial score (nSPS) is 12.8. The Morgan fingerprint density at radius 1 is 1.14 bits per heavy atom. The van der Waals surface area contributed by atoms with Gasteiger partial charge in [-0.1, -0.05) is 38.1 Å². The van der Waals surface area contributed by atoms with Crippen molar-refractivity contribution in [3.05, 3.63) is 53.3 Å². The maximum Gasteiger partial charge on any atom is 0.0631 e. The summed E-state index contributed by atoms with van der Waals surface area (Å²) >= 11 is 0. The molecule has 0 radical (unpaired) electrons. The van der Waals surface area contributed by atoms with E-state index in [1.807, 2.05) is 12.1 Å². The Balaban J connectivity index is 2.14. The van der Waals surface area contributed by atoms with E-state index in [1.165, 1.54) is 11.1 Å².